The minimum Gasteiger partial charge on any atom is -0.383 e. The third kappa shape index (κ3) is 3.59. The molecule has 0 aliphatic rings. The van der Waals surface area contributed by atoms with E-state index in [-0.39, 0.29) is 0 Å². The summed E-state index contributed by atoms with van der Waals surface area (Å²) < 4.78 is 35.8. The molecule has 0 rings (SSSR count). The standard InChI is InChI=1S/C8H10F3NO2/c1-5(13)6(4-12(2)3)7(14)8(9,10)11/h4H,1-3H3/b6-4+. The predicted molar refractivity (Wildman–Crippen MR) is 43.5 cm³/mol. The van der Waals surface area contributed by atoms with Crippen LogP contribution in [0.4, 0.5) is 13.2 Å². The van der Waals surface area contributed by atoms with Crippen molar-refractivity contribution in [2.45, 2.75) is 13.1 Å². The van der Waals surface area contributed by atoms with E-state index in [2.05, 4.69) is 0 Å². The molecule has 0 aliphatic carbocycles. The van der Waals surface area contributed by atoms with Gasteiger partial charge >= 0.3 is 6.18 Å². The smallest absolute Gasteiger partial charge is 0.383 e. The van der Waals surface area contributed by atoms with E-state index in [0.717, 1.165) is 13.1 Å². The molecule has 0 spiro atoms. The van der Waals surface area contributed by atoms with Crippen LogP contribution in [-0.4, -0.2) is 36.7 Å². The molecule has 3 nitrogen and oxygen atoms in total. The van der Waals surface area contributed by atoms with E-state index in [1.54, 1.807) is 0 Å². The highest BCUT2D eigenvalue weighted by atomic mass is 19.4. The second-order valence-corrected chi connectivity index (χ2v) is 2.89. The van der Waals surface area contributed by atoms with E-state index in [9.17, 15) is 22.8 Å². The summed E-state index contributed by atoms with van der Waals surface area (Å²) in [6, 6.07) is 0. The van der Waals surface area contributed by atoms with Crippen molar-refractivity contribution >= 4 is 11.6 Å². The number of nitrogens with zero attached hydrogens (tertiary/aromatic N) is 1. The number of Topliss-reactive ketones (excluding diaryl/α,β-unsaturated/α-hetero) is 2. The first-order valence-electron chi connectivity index (χ1n) is 3.67. The second-order valence-electron chi connectivity index (χ2n) is 2.89. The van der Waals surface area contributed by atoms with Gasteiger partial charge in [0.15, 0.2) is 5.78 Å². The highest BCUT2D eigenvalue weighted by Crippen LogP contribution is 2.21. The summed E-state index contributed by atoms with van der Waals surface area (Å²) in [4.78, 5) is 22.7. The molecule has 0 aromatic heterocycles. The van der Waals surface area contributed by atoms with Crippen LogP contribution in [0.1, 0.15) is 6.92 Å². The number of allylic oxidation sites excluding steroid dienone is 1. The minimum absolute atomic E-state index is 0.859. The van der Waals surface area contributed by atoms with Gasteiger partial charge in [0.1, 0.15) is 0 Å². The molecule has 0 aromatic rings. The van der Waals surface area contributed by atoms with Crippen LogP contribution >= 0.6 is 0 Å². The third-order valence-corrected chi connectivity index (χ3v) is 1.27. The maximum absolute atomic E-state index is 11.9. The molecule has 0 saturated heterocycles. The van der Waals surface area contributed by atoms with E-state index in [1.807, 2.05) is 0 Å². The van der Waals surface area contributed by atoms with Gasteiger partial charge in [0.2, 0.25) is 0 Å². The molecule has 0 heterocycles. The average Bonchev–Trinajstić information content (AvgIpc) is 1.96. The zero-order chi connectivity index (χ0) is 11.5. The largest absolute Gasteiger partial charge is 0.455 e. The summed E-state index contributed by atoms with van der Waals surface area (Å²) in [5.74, 6) is -3.01. The fraction of sp³-hybridized carbons (Fsp3) is 0.500. The van der Waals surface area contributed by atoms with Crippen LogP contribution in [-0.2, 0) is 9.59 Å². The normalized spacial score (nSPS) is 12.6. The number of hydrogen-bond donors (Lipinski definition) is 0. The molecule has 0 N–H and O–H groups in total. The van der Waals surface area contributed by atoms with Gasteiger partial charge in [0, 0.05) is 20.3 Å². The first kappa shape index (κ1) is 12.7. The van der Waals surface area contributed by atoms with Gasteiger partial charge in [-0.3, -0.25) is 9.59 Å². The number of halogens is 3. The van der Waals surface area contributed by atoms with E-state index in [1.165, 1.54) is 19.0 Å². The Morgan fingerprint density at radius 1 is 1.21 bits per heavy atom. The van der Waals surface area contributed by atoms with Crippen molar-refractivity contribution in [2.24, 2.45) is 0 Å². The average molecular weight is 209 g/mol. The highest BCUT2D eigenvalue weighted by molar-refractivity contribution is 6.21. The molecule has 0 radical (unpaired) electrons. The summed E-state index contributed by atoms with van der Waals surface area (Å²) in [6.45, 7) is 0.916. The van der Waals surface area contributed by atoms with E-state index < -0.39 is 23.3 Å². The summed E-state index contributed by atoms with van der Waals surface area (Å²) in [7, 11) is 2.85. The minimum atomic E-state index is -5.01. The topological polar surface area (TPSA) is 37.4 Å². The number of ketones is 2. The first-order chi connectivity index (χ1) is 6.16. The van der Waals surface area contributed by atoms with Crippen LogP contribution in [0.25, 0.3) is 0 Å². The van der Waals surface area contributed by atoms with Crippen molar-refractivity contribution in [3.63, 3.8) is 0 Å². The molecule has 0 unspecified atom stereocenters. The van der Waals surface area contributed by atoms with Crippen molar-refractivity contribution in [3.05, 3.63) is 11.8 Å². The Morgan fingerprint density at radius 2 is 1.64 bits per heavy atom. The van der Waals surface area contributed by atoms with Crippen LogP contribution in [0.2, 0.25) is 0 Å². The van der Waals surface area contributed by atoms with E-state index >= 15 is 0 Å². The number of carbonyl (C=O) groups excluding carboxylic acids is 2. The number of hydrogen-bond acceptors (Lipinski definition) is 3. The molecule has 0 atom stereocenters. The van der Waals surface area contributed by atoms with E-state index in [4.69, 9.17) is 0 Å². The van der Waals surface area contributed by atoms with Gasteiger partial charge in [0.05, 0.1) is 5.57 Å². The Bertz CT molecular complexity index is 279. The second kappa shape index (κ2) is 4.26. The first-order valence-corrected chi connectivity index (χ1v) is 3.67. The highest BCUT2D eigenvalue weighted by Gasteiger charge is 2.42. The Balaban J connectivity index is 5.06. The van der Waals surface area contributed by atoms with Crippen molar-refractivity contribution in [1.29, 1.82) is 0 Å². The number of rotatable bonds is 3. The van der Waals surface area contributed by atoms with Gasteiger partial charge in [-0.2, -0.15) is 13.2 Å². The zero-order valence-corrected chi connectivity index (χ0v) is 7.97. The molecular weight excluding hydrogens is 199 g/mol. The Morgan fingerprint density at radius 3 is 1.86 bits per heavy atom. The van der Waals surface area contributed by atoms with Gasteiger partial charge in [-0.1, -0.05) is 0 Å². The fourth-order valence-corrected chi connectivity index (χ4v) is 0.720. The summed E-state index contributed by atoms with van der Waals surface area (Å²) in [5.41, 5.74) is -0.859. The van der Waals surface area contributed by atoms with Gasteiger partial charge in [-0.15, -0.1) is 0 Å². The quantitative estimate of drug-likeness (QED) is 0.397. The lowest BCUT2D eigenvalue weighted by atomic mass is 10.1. The fourth-order valence-electron chi connectivity index (χ4n) is 0.720. The van der Waals surface area contributed by atoms with Gasteiger partial charge in [-0.05, 0) is 6.92 Å². The van der Waals surface area contributed by atoms with Crippen molar-refractivity contribution in [1.82, 2.24) is 4.90 Å². The molecule has 80 valence electrons. The lowest BCUT2D eigenvalue weighted by Gasteiger charge is -2.10. The molecule has 0 fully saturated rings. The monoisotopic (exact) mass is 209 g/mol. The summed E-state index contributed by atoms with van der Waals surface area (Å²) >= 11 is 0. The summed E-state index contributed by atoms with van der Waals surface area (Å²) in [6.07, 6.45) is -4.15. The molecule has 14 heavy (non-hydrogen) atoms. The Kier molecular flexibility index (Phi) is 3.85. The van der Waals surface area contributed by atoms with Crippen LogP contribution < -0.4 is 0 Å². The molecule has 0 bridgehead atoms. The maximum atomic E-state index is 11.9. The SMILES string of the molecule is CC(=O)/C(=C\N(C)C)C(=O)C(F)(F)F. The molecule has 0 amide bonds. The number of carbonyl (C=O) groups is 2. The predicted octanol–water partition coefficient (Wildman–Crippen LogP) is 1.15. The Hall–Kier alpha value is -1.33. The summed E-state index contributed by atoms with van der Waals surface area (Å²) in [5, 5.41) is 0. The zero-order valence-electron chi connectivity index (χ0n) is 7.97. The van der Waals surface area contributed by atoms with Crippen molar-refractivity contribution in [2.75, 3.05) is 14.1 Å². The van der Waals surface area contributed by atoms with Gasteiger partial charge in [-0.25, -0.2) is 0 Å². The van der Waals surface area contributed by atoms with E-state index in [0.29, 0.717) is 0 Å². The van der Waals surface area contributed by atoms with Crippen LogP contribution in [0.3, 0.4) is 0 Å². The van der Waals surface area contributed by atoms with Crippen LogP contribution in [0, 0.1) is 0 Å². The Labute approximate surface area is 79.2 Å². The molecule has 0 aromatic carbocycles. The third-order valence-electron chi connectivity index (χ3n) is 1.27. The number of alkyl halides is 3. The van der Waals surface area contributed by atoms with Crippen molar-refractivity contribution in [3.8, 4) is 0 Å². The van der Waals surface area contributed by atoms with Gasteiger partial charge < -0.3 is 4.90 Å². The van der Waals surface area contributed by atoms with Crippen molar-refractivity contribution < 1.29 is 22.8 Å². The molecule has 6 heteroatoms. The van der Waals surface area contributed by atoms with Crippen LogP contribution in [0.15, 0.2) is 11.8 Å². The molecular formula is C8H10F3NO2. The van der Waals surface area contributed by atoms with Gasteiger partial charge in [0.25, 0.3) is 5.78 Å². The lowest BCUT2D eigenvalue weighted by molar-refractivity contribution is -0.167. The lowest BCUT2D eigenvalue weighted by Crippen LogP contribution is -2.28. The molecule has 0 aliphatic heterocycles. The van der Waals surface area contributed by atoms with Crippen LogP contribution in [0.5, 0.6) is 0 Å². The maximum Gasteiger partial charge on any atom is 0.455 e. The molecule has 0 saturated carbocycles.